The van der Waals surface area contributed by atoms with Crippen molar-refractivity contribution >= 4 is 53.8 Å². The molecule has 0 saturated heterocycles. The average Bonchev–Trinajstić information content (AvgIpc) is 3.33. The van der Waals surface area contributed by atoms with Gasteiger partial charge in [-0.15, -0.1) is 4.00 Å². The predicted octanol–water partition coefficient (Wildman–Crippen LogP) is 3.35. The molecule has 1 amide bonds. The molecule has 0 radical (unpaired) electrons. The van der Waals surface area contributed by atoms with Gasteiger partial charge in [0.1, 0.15) is 11.9 Å². The van der Waals surface area contributed by atoms with E-state index in [0.717, 1.165) is 11.4 Å². The molecule has 2 aliphatic heterocycles. The number of hydrogen-bond acceptors (Lipinski definition) is 8. The number of aromatic nitrogens is 2. The molecule has 2 N–H and O–H groups in total. The van der Waals surface area contributed by atoms with Gasteiger partial charge < -0.3 is 20.3 Å². The van der Waals surface area contributed by atoms with Crippen molar-refractivity contribution in [3.63, 3.8) is 0 Å². The van der Waals surface area contributed by atoms with Gasteiger partial charge in [0.05, 0.1) is 30.1 Å². The summed E-state index contributed by atoms with van der Waals surface area (Å²) in [5.74, 6) is -3.59. The lowest BCUT2D eigenvalue weighted by atomic mass is 9.52. The number of aliphatic carboxylic acids is 2. The number of nitrogens with zero attached hydrogens (tertiary/aromatic N) is 5. The lowest BCUT2D eigenvalue weighted by Gasteiger charge is -2.52. The number of halogens is 2. The fourth-order valence-electron chi connectivity index (χ4n) is 7.05. The molecule has 5 rings (SSSR count). The molecule has 0 bridgehead atoms. The van der Waals surface area contributed by atoms with Crippen molar-refractivity contribution in [3.8, 4) is 0 Å². The van der Waals surface area contributed by atoms with E-state index < -0.39 is 34.6 Å². The predicted molar refractivity (Wildman–Crippen MR) is 149 cm³/mol. The summed E-state index contributed by atoms with van der Waals surface area (Å²) in [6, 6.07) is 0. The van der Waals surface area contributed by atoms with Crippen LogP contribution in [0.2, 0.25) is 5.15 Å². The van der Waals surface area contributed by atoms with Crippen LogP contribution in [0.3, 0.4) is 0 Å². The first-order valence-electron chi connectivity index (χ1n) is 13.8. The number of quaternary nitrogens is 1. The molecule has 2 aliphatic carbocycles. The van der Waals surface area contributed by atoms with E-state index in [4.69, 9.17) is 23.4 Å². The second kappa shape index (κ2) is 11.3. The first-order valence-corrected chi connectivity index (χ1v) is 14.5. The Morgan fingerprint density at radius 1 is 1.12 bits per heavy atom. The van der Waals surface area contributed by atoms with Crippen molar-refractivity contribution in [1.82, 2.24) is 15.3 Å². The average molecular weight is 604 g/mol. The number of carboxylic acid groups (broad SMARTS) is 2. The van der Waals surface area contributed by atoms with Gasteiger partial charge >= 0.3 is 5.97 Å². The Morgan fingerprint density at radius 3 is 2.41 bits per heavy atom. The lowest BCUT2D eigenvalue weighted by Crippen LogP contribution is -2.56. The Labute approximate surface area is 247 Å². The highest BCUT2D eigenvalue weighted by atomic mass is 35.5. The van der Waals surface area contributed by atoms with Crippen LogP contribution in [0.1, 0.15) is 64.0 Å². The number of nitrogens with one attached hydrogen (secondary N) is 1. The summed E-state index contributed by atoms with van der Waals surface area (Å²) in [4.78, 5) is 55.3. The van der Waals surface area contributed by atoms with Crippen LogP contribution in [0.5, 0.6) is 0 Å². The van der Waals surface area contributed by atoms with E-state index in [2.05, 4.69) is 25.3 Å². The highest BCUT2D eigenvalue weighted by molar-refractivity contribution is 6.30. The summed E-state index contributed by atoms with van der Waals surface area (Å²) in [6.45, 7) is 1.85. The van der Waals surface area contributed by atoms with Crippen LogP contribution in [0.4, 0.5) is 0 Å². The number of fused-ring (bicyclic) bond motifs is 1. The fraction of sp³-hybridized carbons (Fsp3) is 0.536. The number of amides is 1. The van der Waals surface area contributed by atoms with E-state index in [9.17, 15) is 24.6 Å². The van der Waals surface area contributed by atoms with Crippen LogP contribution in [0.15, 0.2) is 46.2 Å². The molecule has 2 saturated carbocycles. The second-order valence-electron chi connectivity index (χ2n) is 11.5. The van der Waals surface area contributed by atoms with Crippen molar-refractivity contribution < 1.29 is 28.6 Å². The standard InChI is InChI=1S/C28H32Cl2N6O5/c1-17(27(25(38)39)6-2-18(3-7-27)22-21-15-31-12-13-36(21,30)16-35-22)28(26(40)41)8-4-19(5-9-28)24(37)34-14-20-23(29)33-11-10-32-20/h10-13,15-19H,2-9,14H2,1H3,(H2-,34,37,38,39,40,41). The number of aliphatic imine (C=N–C) groups is 2. The van der Waals surface area contributed by atoms with Crippen LogP contribution in [-0.2, 0) is 20.9 Å². The Balaban J connectivity index is 1.28. The second-order valence-corrected chi connectivity index (χ2v) is 12.4. The molecule has 1 aromatic heterocycles. The molecular formula is C28H32Cl2N6O5. The molecular weight excluding hydrogens is 571 g/mol. The van der Waals surface area contributed by atoms with E-state index >= 15 is 0 Å². The molecule has 2 fully saturated rings. The number of carboxylic acids is 2. The Hall–Kier alpha value is -3.15. The monoisotopic (exact) mass is 602 g/mol. The van der Waals surface area contributed by atoms with Gasteiger partial charge in [-0.3, -0.25) is 19.6 Å². The number of carbonyl (C=O) groups is 3. The number of hydrogen-bond donors (Lipinski definition) is 2. The van der Waals surface area contributed by atoms with Gasteiger partial charge in [0.25, 0.3) is 0 Å². The topological polar surface area (TPSA) is 157 Å². The zero-order valence-corrected chi connectivity index (χ0v) is 24.1. The Morgan fingerprint density at radius 2 is 1.78 bits per heavy atom. The largest absolute Gasteiger partial charge is 0.550 e. The fourth-order valence-corrected chi connectivity index (χ4v) is 7.44. The maximum atomic E-state index is 12.9. The number of rotatable bonds is 8. The third-order valence-corrected chi connectivity index (χ3v) is 10.4. The lowest BCUT2D eigenvalue weighted by molar-refractivity contribution is -0.592. The summed E-state index contributed by atoms with van der Waals surface area (Å²) in [6.07, 6.45) is 12.1. The third kappa shape index (κ3) is 5.19. The first-order chi connectivity index (χ1) is 19.5. The molecule has 1 aromatic rings. The van der Waals surface area contributed by atoms with Crippen LogP contribution in [0, 0.1) is 28.6 Å². The highest BCUT2D eigenvalue weighted by Gasteiger charge is 2.56. The smallest absolute Gasteiger partial charge is 0.309 e. The van der Waals surface area contributed by atoms with Gasteiger partial charge in [-0.25, -0.2) is 4.98 Å². The maximum absolute atomic E-state index is 12.9. The van der Waals surface area contributed by atoms with Crippen molar-refractivity contribution in [2.45, 2.75) is 64.8 Å². The molecule has 2 unspecified atom stereocenters. The minimum atomic E-state index is -1.31. The molecule has 11 nitrogen and oxygen atoms in total. The van der Waals surface area contributed by atoms with Gasteiger partial charge in [-0.05, 0) is 57.3 Å². The summed E-state index contributed by atoms with van der Waals surface area (Å²) >= 11 is 12.7. The van der Waals surface area contributed by atoms with Crippen molar-refractivity contribution in [2.24, 2.45) is 38.6 Å². The third-order valence-electron chi connectivity index (χ3n) is 9.72. The Kier molecular flexibility index (Phi) is 8.06. The number of allylic oxidation sites excluding steroid dienone is 2. The molecule has 0 aromatic carbocycles. The zero-order chi connectivity index (χ0) is 29.4. The van der Waals surface area contributed by atoms with Gasteiger partial charge in [0, 0.05) is 35.6 Å². The van der Waals surface area contributed by atoms with Crippen molar-refractivity contribution in [1.29, 1.82) is 0 Å². The van der Waals surface area contributed by atoms with Gasteiger partial charge in [-0.2, -0.15) is 4.99 Å². The van der Waals surface area contributed by atoms with Crippen molar-refractivity contribution in [2.75, 3.05) is 0 Å². The summed E-state index contributed by atoms with van der Waals surface area (Å²) < 4.78 is -0.0972. The molecule has 0 spiro atoms. The SMILES string of the molecule is CC(C1(C(=O)[O-])CCC(C2=C3C=NC=C[N+]3(Cl)C=N2)CC1)C1(C(=O)O)CCC(C(=O)NCc2nccnc2Cl)CC1. The molecule has 13 heteroatoms. The van der Waals surface area contributed by atoms with Crippen LogP contribution in [0.25, 0.3) is 0 Å². The zero-order valence-electron chi connectivity index (χ0n) is 22.6. The van der Waals surface area contributed by atoms with E-state index in [1.54, 1.807) is 31.9 Å². The molecule has 41 heavy (non-hydrogen) atoms. The highest BCUT2D eigenvalue weighted by Crippen LogP contribution is 2.57. The Bertz CT molecular complexity index is 1360. The van der Waals surface area contributed by atoms with Gasteiger partial charge in [0.2, 0.25) is 17.9 Å². The normalized spacial score (nSPS) is 33.3. The quantitative estimate of drug-likeness (QED) is 0.432. The van der Waals surface area contributed by atoms with Gasteiger partial charge in [0.15, 0.2) is 16.9 Å². The summed E-state index contributed by atoms with van der Waals surface area (Å²) in [5.41, 5.74) is -0.619. The van der Waals surface area contributed by atoms with Gasteiger partial charge in [-0.1, -0.05) is 18.5 Å². The minimum Gasteiger partial charge on any atom is -0.550 e. The van der Waals surface area contributed by atoms with E-state index in [-0.39, 0.29) is 53.2 Å². The summed E-state index contributed by atoms with van der Waals surface area (Å²) in [7, 11) is 0. The molecule has 4 aliphatic rings. The molecule has 2 atom stereocenters. The number of carbonyl (C=O) groups excluding carboxylic acids is 2. The maximum Gasteiger partial charge on any atom is 0.309 e. The van der Waals surface area contributed by atoms with Crippen molar-refractivity contribution in [3.05, 3.63) is 47.0 Å². The van der Waals surface area contributed by atoms with E-state index in [0.29, 0.717) is 31.4 Å². The molecule has 3 heterocycles. The van der Waals surface area contributed by atoms with Crippen LogP contribution >= 0.6 is 23.4 Å². The minimum absolute atomic E-state index is 0.0272. The van der Waals surface area contributed by atoms with E-state index in [1.165, 1.54) is 12.4 Å². The van der Waals surface area contributed by atoms with Crippen LogP contribution < -0.4 is 10.4 Å². The molecule has 218 valence electrons. The summed E-state index contributed by atoms with van der Waals surface area (Å²) in [5, 5.41) is 26.3. The van der Waals surface area contributed by atoms with E-state index in [1.807, 2.05) is 0 Å². The van der Waals surface area contributed by atoms with Crippen LogP contribution in [-0.4, -0.2) is 49.5 Å². The first kappa shape index (κ1) is 29.3.